The fraction of sp³-hybridized carbons (Fsp3) is 0.364. The van der Waals surface area contributed by atoms with Gasteiger partial charge >= 0.3 is 0 Å². The van der Waals surface area contributed by atoms with Crippen molar-refractivity contribution in [2.75, 3.05) is 30.0 Å². The van der Waals surface area contributed by atoms with E-state index >= 15 is 0 Å². The molecule has 1 aliphatic rings. The molecule has 0 aliphatic carbocycles. The van der Waals surface area contributed by atoms with Crippen molar-refractivity contribution in [3.8, 4) is 0 Å². The second-order valence-electron chi connectivity index (χ2n) is 7.14. The molecule has 0 radical (unpaired) electrons. The van der Waals surface area contributed by atoms with Gasteiger partial charge in [0.25, 0.3) is 0 Å². The number of aryl methyl sites for hydroxylation is 1. The van der Waals surface area contributed by atoms with Gasteiger partial charge in [0, 0.05) is 23.0 Å². The number of rotatable bonds is 7. The lowest BCUT2D eigenvalue weighted by Crippen LogP contribution is -2.35. The van der Waals surface area contributed by atoms with Crippen LogP contribution in [-0.2, 0) is 31.5 Å². The molecule has 0 aromatic heterocycles. The minimum Gasteiger partial charge on any atom is -0.371 e. The van der Waals surface area contributed by atoms with Crippen molar-refractivity contribution in [1.82, 2.24) is 5.32 Å². The number of nitrogens with one attached hydrogen (secondary N) is 2. The zero-order valence-electron chi connectivity index (χ0n) is 16.7. The summed E-state index contributed by atoms with van der Waals surface area (Å²) in [5.74, 6) is -1.15. The Morgan fingerprint density at radius 3 is 2.66 bits per heavy atom. The Bertz CT molecular complexity index is 929. The molecule has 0 spiro atoms. The molecule has 2 unspecified atom stereocenters. The predicted molar refractivity (Wildman–Crippen MR) is 114 cm³/mol. The Morgan fingerprint density at radius 1 is 1.07 bits per heavy atom. The Balaban J connectivity index is 1.45. The normalized spacial score (nSPS) is 16.6. The molecule has 6 nitrogen and oxygen atoms in total. The molecule has 0 fully saturated rings. The largest absolute Gasteiger partial charge is 0.371 e. The number of hydrogen-bond acceptors (Lipinski definition) is 4. The maximum Gasteiger partial charge on any atom is 0.237 e. The highest BCUT2D eigenvalue weighted by atomic mass is 32.2. The zero-order valence-corrected chi connectivity index (χ0v) is 17.5. The summed E-state index contributed by atoms with van der Waals surface area (Å²) in [5, 5.41) is 5.54. The molecule has 2 amide bonds. The van der Waals surface area contributed by atoms with Crippen LogP contribution in [0.15, 0.2) is 42.5 Å². The molecule has 2 N–H and O–H groups in total. The van der Waals surface area contributed by atoms with Gasteiger partial charge in [-0.1, -0.05) is 36.4 Å². The molecule has 0 saturated heterocycles. The van der Waals surface area contributed by atoms with Crippen LogP contribution in [0.5, 0.6) is 0 Å². The quantitative estimate of drug-likeness (QED) is 0.729. The predicted octanol–water partition coefficient (Wildman–Crippen LogP) is 2.42. The zero-order chi connectivity index (χ0) is 20.8. The third-order valence-corrected chi connectivity index (χ3v) is 6.21. The SMILES string of the molecule is Cc1cccc(NC(=O)CS(=O)CC(=O)NCC2OCCc3ccccc32)c1C. The average Bonchev–Trinajstić information content (AvgIpc) is 2.69. The maximum atomic E-state index is 12.2. The number of amides is 2. The second kappa shape index (κ2) is 9.80. The smallest absolute Gasteiger partial charge is 0.237 e. The molecule has 2 aromatic rings. The molecule has 29 heavy (non-hydrogen) atoms. The van der Waals surface area contributed by atoms with Gasteiger partial charge in [0.15, 0.2) is 0 Å². The van der Waals surface area contributed by atoms with Crippen LogP contribution in [0.4, 0.5) is 5.69 Å². The molecule has 0 saturated carbocycles. The van der Waals surface area contributed by atoms with Crippen molar-refractivity contribution in [2.24, 2.45) is 0 Å². The van der Waals surface area contributed by atoms with Gasteiger partial charge in [0.1, 0.15) is 17.6 Å². The van der Waals surface area contributed by atoms with Crippen LogP contribution in [0.25, 0.3) is 0 Å². The van der Waals surface area contributed by atoms with E-state index in [1.54, 1.807) is 6.07 Å². The number of carbonyl (C=O) groups is 2. The topological polar surface area (TPSA) is 84.5 Å². The standard InChI is InChI=1S/C22H26N2O4S/c1-15-6-5-9-19(16(15)2)24-22(26)14-29(27)13-21(25)23-12-20-18-8-4-3-7-17(18)10-11-28-20/h3-9,20H,10-14H2,1-2H3,(H,23,25)(H,24,26). The number of carbonyl (C=O) groups excluding carboxylic acids is 2. The Labute approximate surface area is 173 Å². The molecular weight excluding hydrogens is 388 g/mol. The summed E-state index contributed by atoms with van der Waals surface area (Å²) in [7, 11) is -1.58. The minimum absolute atomic E-state index is 0.204. The molecular formula is C22H26N2O4S. The second-order valence-corrected chi connectivity index (χ2v) is 8.59. The molecule has 7 heteroatoms. The first-order chi connectivity index (χ1) is 13.9. The van der Waals surface area contributed by atoms with Crippen molar-refractivity contribution in [1.29, 1.82) is 0 Å². The van der Waals surface area contributed by atoms with Crippen LogP contribution in [0.3, 0.4) is 0 Å². The molecule has 0 bridgehead atoms. The Morgan fingerprint density at radius 2 is 1.83 bits per heavy atom. The highest BCUT2D eigenvalue weighted by Gasteiger charge is 2.21. The molecule has 154 valence electrons. The summed E-state index contributed by atoms with van der Waals surface area (Å²) in [5.41, 5.74) is 5.04. The monoisotopic (exact) mass is 414 g/mol. The van der Waals surface area contributed by atoms with Gasteiger partial charge in [-0.3, -0.25) is 13.8 Å². The highest BCUT2D eigenvalue weighted by molar-refractivity contribution is 7.86. The number of ether oxygens (including phenoxy) is 1. The lowest BCUT2D eigenvalue weighted by Gasteiger charge is -2.26. The lowest BCUT2D eigenvalue weighted by atomic mass is 9.97. The van der Waals surface area contributed by atoms with Gasteiger partial charge in [-0.05, 0) is 48.6 Å². The minimum atomic E-state index is -1.58. The van der Waals surface area contributed by atoms with Crippen molar-refractivity contribution in [2.45, 2.75) is 26.4 Å². The van der Waals surface area contributed by atoms with E-state index in [9.17, 15) is 13.8 Å². The fourth-order valence-electron chi connectivity index (χ4n) is 3.32. The van der Waals surface area contributed by atoms with Gasteiger partial charge in [0.05, 0.1) is 6.61 Å². The van der Waals surface area contributed by atoms with E-state index in [2.05, 4.69) is 16.7 Å². The summed E-state index contributed by atoms with van der Waals surface area (Å²) < 4.78 is 18.0. The first-order valence-corrected chi connectivity index (χ1v) is 11.1. The van der Waals surface area contributed by atoms with E-state index in [4.69, 9.17) is 4.74 Å². The van der Waals surface area contributed by atoms with Crippen LogP contribution in [0.1, 0.15) is 28.4 Å². The summed E-state index contributed by atoms with van der Waals surface area (Å²) >= 11 is 0. The van der Waals surface area contributed by atoms with E-state index in [0.29, 0.717) is 18.8 Å². The average molecular weight is 415 g/mol. The number of fused-ring (bicyclic) bond motifs is 1. The van der Waals surface area contributed by atoms with Gasteiger partial charge in [0.2, 0.25) is 11.8 Å². The van der Waals surface area contributed by atoms with Crippen LogP contribution in [0, 0.1) is 13.8 Å². The molecule has 2 aromatic carbocycles. The van der Waals surface area contributed by atoms with Crippen molar-refractivity contribution < 1.29 is 18.5 Å². The molecule has 1 aliphatic heterocycles. The number of hydrogen-bond donors (Lipinski definition) is 2. The Kier molecular flexibility index (Phi) is 7.17. The van der Waals surface area contributed by atoms with Crippen LogP contribution < -0.4 is 10.6 Å². The van der Waals surface area contributed by atoms with E-state index in [-0.39, 0.29) is 29.4 Å². The summed E-state index contributed by atoms with van der Waals surface area (Å²) in [6.45, 7) is 4.81. The van der Waals surface area contributed by atoms with Gasteiger partial charge in [-0.25, -0.2) is 0 Å². The summed E-state index contributed by atoms with van der Waals surface area (Å²) in [6, 6.07) is 13.6. The van der Waals surface area contributed by atoms with Crippen LogP contribution in [0.2, 0.25) is 0 Å². The van der Waals surface area contributed by atoms with Crippen molar-refractivity contribution in [3.05, 3.63) is 64.7 Å². The van der Waals surface area contributed by atoms with Gasteiger partial charge in [-0.2, -0.15) is 0 Å². The lowest BCUT2D eigenvalue weighted by molar-refractivity contribution is -0.119. The molecule has 1 heterocycles. The number of anilines is 1. The first-order valence-electron chi connectivity index (χ1n) is 9.61. The molecule has 3 rings (SSSR count). The summed E-state index contributed by atoms with van der Waals surface area (Å²) in [4.78, 5) is 24.3. The first kappa shape index (κ1) is 21.2. The van der Waals surface area contributed by atoms with Crippen LogP contribution in [-0.4, -0.2) is 40.7 Å². The van der Waals surface area contributed by atoms with E-state index in [1.807, 2.05) is 44.2 Å². The van der Waals surface area contributed by atoms with E-state index in [0.717, 1.165) is 23.1 Å². The van der Waals surface area contributed by atoms with Crippen molar-refractivity contribution in [3.63, 3.8) is 0 Å². The third kappa shape index (κ3) is 5.74. The van der Waals surface area contributed by atoms with E-state index < -0.39 is 10.8 Å². The summed E-state index contributed by atoms with van der Waals surface area (Å²) in [6.07, 6.45) is 0.658. The highest BCUT2D eigenvalue weighted by Crippen LogP contribution is 2.26. The third-order valence-electron chi connectivity index (χ3n) is 5.04. The Hall–Kier alpha value is -2.51. The fourth-order valence-corrected chi connectivity index (χ4v) is 4.18. The van der Waals surface area contributed by atoms with Crippen molar-refractivity contribution >= 4 is 28.3 Å². The molecule has 2 atom stereocenters. The number of benzene rings is 2. The van der Waals surface area contributed by atoms with Gasteiger partial charge in [-0.15, -0.1) is 0 Å². The van der Waals surface area contributed by atoms with E-state index in [1.165, 1.54) is 5.56 Å². The maximum absolute atomic E-state index is 12.2. The van der Waals surface area contributed by atoms with Crippen LogP contribution >= 0.6 is 0 Å². The van der Waals surface area contributed by atoms with Gasteiger partial charge < -0.3 is 15.4 Å².